The third-order valence-corrected chi connectivity index (χ3v) is 6.40. The molecule has 0 aliphatic heterocycles. The van der Waals surface area contributed by atoms with E-state index in [0.717, 1.165) is 43.6 Å². The summed E-state index contributed by atoms with van der Waals surface area (Å²) in [5.41, 5.74) is 3.49. The molecule has 1 N–H and O–H groups in total. The van der Waals surface area contributed by atoms with Crippen molar-refractivity contribution >= 4 is 27.7 Å². The van der Waals surface area contributed by atoms with Gasteiger partial charge in [0.05, 0.1) is 11.0 Å². The van der Waals surface area contributed by atoms with E-state index >= 15 is 0 Å². The number of fused-ring (bicyclic) bond motifs is 2. The number of imidazole rings is 1. The van der Waals surface area contributed by atoms with Crippen LogP contribution in [0.3, 0.4) is 0 Å². The van der Waals surface area contributed by atoms with Gasteiger partial charge >= 0.3 is 0 Å². The van der Waals surface area contributed by atoms with E-state index in [1.807, 2.05) is 36.4 Å². The van der Waals surface area contributed by atoms with Gasteiger partial charge in [0.25, 0.3) is 5.91 Å². The fourth-order valence-corrected chi connectivity index (χ4v) is 4.54. The lowest BCUT2D eigenvalue weighted by atomic mass is 10.1. The predicted molar refractivity (Wildman–Crippen MR) is 145 cm³/mol. The Hall–Kier alpha value is -4.12. The lowest BCUT2D eigenvalue weighted by Gasteiger charge is -2.11. The molecule has 5 aromatic rings. The molecular weight excluding hydrogens is 446 g/mol. The molecule has 5 nitrogen and oxygen atoms in total. The van der Waals surface area contributed by atoms with Crippen LogP contribution in [0.2, 0.25) is 0 Å². The molecule has 0 aliphatic carbocycles. The van der Waals surface area contributed by atoms with E-state index in [2.05, 4.69) is 70.5 Å². The maximum absolute atomic E-state index is 12.0. The first-order valence-corrected chi connectivity index (χ1v) is 12.6. The highest BCUT2D eigenvalue weighted by atomic mass is 16.5. The first-order chi connectivity index (χ1) is 17.8. The number of ether oxygens (including phenoxy) is 1. The molecule has 0 saturated heterocycles. The Labute approximate surface area is 211 Å². The van der Waals surface area contributed by atoms with E-state index in [1.165, 1.54) is 21.9 Å². The van der Waals surface area contributed by atoms with Crippen LogP contribution in [0, 0.1) is 0 Å². The third-order valence-electron chi connectivity index (χ3n) is 6.40. The maximum atomic E-state index is 12.0. The number of aromatic nitrogens is 2. The maximum Gasteiger partial charge on any atom is 0.257 e. The number of hydrogen-bond donors (Lipinski definition) is 1. The fraction of sp³-hybridized carbons (Fsp3) is 0.226. The molecule has 0 fully saturated rings. The summed E-state index contributed by atoms with van der Waals surface area (Å²) < 4.78 is 7.84. The summed E-state index contributed by atoms with van der Waals surface area (Å²) in [7, 11) is 0. The highest BCUT2D eigenvalue weighted by Crippen LogP contribution is 2.22. The number of amides is 1. The fourth-order valence-electron chi connectivity index (χ4n) is 4.54. The minimum absolute atomic E-state index is 0.0445. The van der Waals surface area contributed by atoms with E-state index < -0.39 is 0 Å². The van der Waals surface area contributed by atoms with Crippen molar-refractivity contribution in [2.24, 2.45) is 0 Å². The number of aryl methyl sites for hydroxylation is 1. The first kappa shape index (κ1) is 23.6. The van der Waals surface area contributed by atoms with E-state index in [1.54, 1.807) is 0 Å². The summed E-state index contributed by atoms with van der Waals surface area (Å²) in [6.45, 7) is 1.51. The Morgan fingerprint density at radius 2 is 1.58 bits per heavy atom. The Balaban J connectivity index is 1.14. The molecule has 4 aromatic carbocycles. The van der Waals surface area contributed by atoms with Gasteiger partial charge < -0.3 is 14.6 Å². The second-order valence-corrected chi connectivity index (χ2v) is 9.05. The van der Waals surface area contributed by atoms with Gasteiger partial charge in [-0.15, -0.1) is 0 Å². The highest BCUT2D eigenvalue weighted by Gasteiger charge is 2.11. The summed E-state index contributed by atoms with van der Waals surface area (Å²) in [5, 5.41) is 5.47. The second-order valence-electron chi connectivity index (χ2n) is 9.05. The molecule has 1 aromatic heterocycles. The molecule has 0 atom stereocenters. The van der Waals surface area contributed by atoms with Crippen molar-refractivity contribution in [3.63, 3.8) is 0 Å². The van der Waals surface area contributed by atoms with Gasteiger partial charge in [0.15, 0.2) is 6.61 Å². The summed E-state index contributed by atoms with van der Waals surface area (Å²) in [5.74, 6) is 1.74. The number of para-hydroxylation sites is 3. The molecular formula is C31H31N3O2. The van der Waals surface area contributed by atoms with Gasteiger partial charge in [-0.2, -0.15) is 0 Å². The molecule has 0 spiro atoms. The highest BCUT2D eigenvalue weighted by molar-refractivity contribution is 5.83. The van der Waals surface area contributed by atoms with Crippen LogP contribution in [0.4, 0.5) is 0 Å². The van der Waals surface area contributed by atoms with Gasteiger partial charge in [-0.3, -0.25) is 4.79 Å². The lowest BCUT2D eigenvalue weighted by Crippen LogP contribution is -2.29. The number of rotatable bonds is 11. The molecule has 5 rings (SSSR count). The molecule has 36 heavy (non-hydrogen) atoms. The van der Waals surface area contributed by atoms with Crippen molar-refractivity contribution < 1.29 is 9.53 Å². The molecule has 5 heteroatoms. The summed E-state index contributed by atoms with van der Waals surface area (Å²) in [6.07, 6.45) is 3.89. The first-order valence-electron chi connectivity index (χ1n) is 12.6. The van der Waals surface area contributed by atoms with E-state index in [-0.39, 0.29) is 12.5 Å². The monoisotopic (exact) mass is 477 g/mol. The van der Waals surface area contributed by atoms with Crippen molar-refractivity contribution in [1.29, 1.82) is 0 Å². The quantitative estimate of drug-likeness (QED) is 0.232. The number of carbonyl (C=O) groups excluding carboxylic acids is 1. The van der Waals surface area contributed by atoms with Gasteiger partial charge in [0.1, 0.15) is 11.6 Å². The number of unbranched alkanes of at least 4 members (excludes halogenated alkanes) is 2. The van der Waals surface area contributed by atoms with Crippen LogP contribution in [0.25, 0.3) is 21.8 Å². The second kappa shape index (κ2) is 11.5. The van der Waals surface area contributed by atoms with Crippen molar-refractivity contribution in [2.75, 3.05) is 13.2 Å². The zero-order chi connectivity index (χ0) is 24.6. The van der Waals surface area contributed by atoms with Crippen LogP contribution in [-0.4, -0.2) is 28.6 Å². The van der Waals surface area contributed by atoms with Gasteiger partial charge in [-0.05, 0) is 59.5 Å². The van der Waals surface area contributed by atoms with Crippen LogP contribution in [0.15, 0.2) is 97.1 Å². The number of nitrogens with one attached hydrogen (secondary N) is 1. The molecule has 0 aliphatic rings. The Morgan fingerprint density at radius 1 is 0.806 bits per heavy atom. The molecule has 182 valence electrons. The van der Waals surface area contributed by atoms with E-state index in [0.29, 0.717) is 12.3 Å². The van der Waals surface area contributed by atoms with Crippen molar-refractivity contribution in [3.05, 3.63) is 108 Å². The average molecular weight is 478 g/mol. The number of benzene rings is 4. The normalized spacial score (nSPS) is 11.1. The molecule has 0 unspecified atom stereocenters. The van der Waals surface area contributed by atoms with E-state index in [4.69, 9.17) is 9.72 Å². The van der Waals surface area contributed by atoms with Crippen molar-refractivity contribution in [3.8, 4) is 5.75 Å². The largest absolute Gasteiger partial charge is 0.484 e. The summed E-state index contributed by atoms with van der Waals surface area (Å²) in [6, 6.07) is 32.9. The molecule has 1 amide bonds. The van der Waals surface area contributed by atoms with Crippen LogP contribution >= 0.6 is 0 Å². The molecule has 1 heterocycles. The van der Waals surface area contributed by atoms with Gasteiger partial charge in [-0.25, -0.2) is 4.98 Å². The van der Waals surface area contributed by atoms with Gasteiger partial charge in [0, 0.05) is 19.5 Å². The standard InChI is InChI=1S/C31H31N3O2/c35-31(23-36-27-13-3-1-4-14-27)32-20-10-2-5-17-30-33-28-15-8-9-16-29(28)34(30)22-24-18-19-25-11-6-7-12-26(25)21-24/h1,3-4,6-9,11-16,18-19,21H,2,5,10,17,20,22-23H2,(H,32,35). The lowest BCUT2D eigenvalue weighted by molar-refractivity contribution is -0.123. The van der Waals surface area contributed by atoms with Crippen molar-refractivity contribution in [1.82, 2.24) is 14.9 Å². The minimum Gasteiger partial charge on any atom is -0.484 e. The predicted octanol–water partition coefficient (Wildman–Crippen LogP) is 6.15. The summed E-state index contributed by atoms with van der Waals surface area (Å²) in [4.78, 5) is 17.0. The topological polar surface area (TPSA) is 56.1 Å². The zero-order valence-corrected chi connectivity index (χ0v) is 20.4. The molecule has 0 radical (unpaired) electrons. The SMILES string of the molecule is O=C(COc1ccccc1)NCCCCCc1nc2ccccc2n1Cc1ccc2ccccc2c1. The van der Waals surface area contributed by atoms with Crippen LogP contribution in [-0.2, 0) is 17.8 Å². The number of carbonyl (C=O) groups is 1. The van der Waals surface area contributed by atoms with Crippen LogP contribution in [0.5, 0.6) is 5.75 Å². The van der Waals surface area contributed by atoms with Crippen LogP contribution in [0.1, 0.15) is 30.7 Å². The summed E-state index contributed by atoms with van der Waals surface area (Å²) >= 11 is 0. The molecule has 0 bridgehead atoms. The van der Waals surface area contributed by atoms with Gasteiger partial charge in [-0.1, -0.05) is 73.2 Å². The molecule has 0 saturated carbocycles. The number of nitrogens with zero attached hydrogens (tertiary/aromatic N) is 2. The van der Waals surface area contributed by atoms with Gasteiger partial charge in [0.2, 0.25) is 0 Å². The number of hydrogen-bond acceptors (Lipinski definition) is 3. The average Bonchev–Trinajstić information content (AvgIpc) is 3.27. The zero-order valence-electron chi connectivity index (χ0n) is 20.4. The van der Waals surface area contributed by atoms with E-state index in [9.17, 15) is 4.79 Å². The van der Waals surface area contributed by atoms with Crippen LogP contribution < -0.4 is 10.1 Å². The Kier molecular flexibility index (Phi) is 7.57. The third kappa shape index (κ3) is 5.92. The van der Waals surface area contributed by atoms with Crippen molar-refractivity contribution in [2.45, 2.75) is 32.2 Å². The Bertz CT molecular complexity index is 1440. The minimum atomic E-state index is -0.0870. The smallest absolute Gasteiger partial charge is 0.257 e. The Morgan fingerprint density at radius 3 is 2.47 bits per heavy atom.